The summed E-state index contributed by atoms with van der Waals surface area (Å²) in [6, 6.07) is 22.2. The van der Waals surface area contributed by atoms with Crippen molar-refractivity contribution in [2.75, 3.05) is 13.7 Å². The van der Waals surface area contributed by atoms with E-state index in [4.69, 9.17) is 9.47 Å². The number of aromatic hydroxyl groups is 1. The molecule has 1 amide bonds. The van der Waals surface area contributed by atoms with Gasteiger partial charge < -0.3 is 14.6 Å². The molecule has 0 atom stereocenters. The van der Waals surface area contributed by atoms with Crippen LogP contribution in [0.2, 0.25) is 0 Å². The van der Waals surface area contributed by atoms with Gasteiger partial charge >= 0.3 is 0 Å². The Morgan fingerprint density at radius 3 is 2.54 bits per heavy atom. The van der Waals surface area contributed by atoms with Crippen LogP contribution in [-0.4, -0.2) is 30.9 Å². The van der Waals surface area contributed by atoms with Crippen molar-refractivity contribution in [2.45, 2.75) is 0 Å². The van der Waals surface area contributed by atoms with Gasteiger partial charge in [-0.1, -0.05) is 48.5 Å². The number of phenols is 1. The lowest BCUT2D eigenvalue weighted by Gasteiger charge is -2.10. The quantitative estimate of drug-likeness (QED) is 0.488. The maximum absolute atomic E-state index is 12.0. The van der Waals surface area contributed by atoms with Crippen molar-refractivity contribution in [2.24, 2.45) is 5.10 Å². The van der Waals surface area contributed by atoms with Gasteiger partial charge in [-0.25, -0.2) is 5.43 Å². The highest BCUT2D eigenvalue weighted by atomic mass is 16.5. The largest absolute Gasteiger partial charge is 0.504 e. The summed E-state index contributed by atoms with van der Waals surface area (Å²) in [7, 11) is 1.47. The van der Waals surface area contributed by atoms with Crippen molar-refractivity contribution < 1.29 is 19.4 Å². The first-order chi connectivity index (χ1) is 13.7. The number of nitrogens with one attached hydrogen (secondary N) is 1. The first-order valence-electron chi connectivity index (χ1n) is 8.63. The summed E-state index contributed by atoms with van der Waals surface area (Å²) in [5.74, 6) is 0.593. The second kappa shape index (κ2) is 9.23. The van der Waals surface area contributed by atoms with Gasteiger partial charge in [-0.05, 0) is 35.4 Å². The molecule has 0 unspecified atom stereocenters. The molecule has 3 rings (SSSR count). The van der Waals surface area contributed by atoms with Crippen LogP contribution in [0.4, 0.5) is 0 Å². The standard InChI is InChI=1S/C22H20N2O4/c1-27-21-12-11-16(13-19(21)25)14-23-24-22(26)15-28-20-10-6-5-9-18(20)17-7-3-2-4-8-17/h2-14,25H,15H2,1H3,(H,24,26)/b23-14+. The third kappa shape index (κ3) is 4.88. The van der Waals surface area contributed by atoms with Gasteiger partial charge in [0.1, 0.15) is 5.75 Å². The lowest BCUT2D eigenvalue weighted by Crippen LogP contribution is -2.24. The monoisotopic (exact) mass is 376 g/mol. The Balaban J connectivity index is 1.57. The summed E-state index contributed by atoms with van der Waals surface area (Å²) in [5, 5.41) is 13.6. The molecule has 0 saturated carbocycles. The molecule has 0 aromatic heterocycles. The zero-order chi connectivity index (χ0) is 19.8. The van der Waals surface area contributed by atoms with Crippen LogP contribution in [0.1, 0.15) is 5.56 Å². The molecule has 2 N–H and O–H groups in total. The van der Waals surface area contributed by atoms with E-state index in [9.17, 15) is 9.90 Å². The van der Waals surface area contributed by atoms with Gasteiger partial charge in [-0.15, -0.1) is 0 Å². The minimum Gasteiger partial charge on any atom is -0.504 e. The molecule has 0 aliphatic rings. The molecule has 0 spiro atoms. The van der Waals surface area contributed by atoms with Gasteiger partial charge in [0.25, 0.3) is 5.91 Å². The number of carbonyl (C=O) groups is 1. The third-order valence-corrected chi connectivity index (χ3v) is 3.94. The van der Waals surface area contributed by atoms with E-state index in [0.717, 1.165) is 11.1 Å². The first-order valence-corrected chi connectivity index (χ1v) is 8.63. The number of hydrazone groups is 1. The topological polar surface area (TPSA) is 80.2 Å². The lowest BCUT2D eigenvalue weighted by atomic mass is 10.1. The van der Waals surface area contributed by atoms with Crippen LogP contribution in [0.15, 0.2) is 77.9 Å². The second-order valence-electron chi connectivity index (χ2n) is 5.88. The van der Waals surface area contributed by atoms with E-state index in [1.807, 2.05) is 54.6 Å². The normalized spacial score (nSPS) is 10.6. The highest BCUT2D eigenvalue weighted by molar-refractivity contribution is 5.83. The Hall–Kier alpha value is -3.80. The van der Waals surface area contributed by atoms with Crippen molar-refractivity contribution in [1.82, 2.24) is 5.43 Å². The maximum atomic E-state index is 12.0. The summed E-state index contributed by atoms with van der Waals surface area (Å²) in [6.45, 7) is -0.172. The molecule has 3 aromatic carbocycles. The van der Waals surface area contributed by atoms with E-state index in [-0.39, 0.29) is 12.4 Å². The predicted molar refractivity (Wildman–Crippen MR) is 108 cm³/mol. The molecular weight excluding hydrogens is 356 g/mol. The van der Waals surface area contributed by atoms with E-state index >= 15 is 0 Å². The van der Waals surface area contributed by atoms with E-state index in [1.165, 1.54) is 19.4 Å². The maximum Gasteiger partial charge on any atom is 0.277 e. The van der Waals surface area contributed by atoms with E-state index in [2.05, 4.69) is 10.5 Å². The van der Waals surface area contributed by atoms with Crippen LogP contribution < -0.4 is 14.9 Å². The molecule has 142 valence electrons. The fourth-order valence-corrected chi connectivity index (χ4v) is 2.59. The van der Waals surface area contributed by atoms with E-state index in [1.54, 1.807) is 12.1 Å². The molecule has 6 heteroatoms. The predicted octanol–water partition coefficient (Wildman–Crippen LogP) is 3.60. The van der Waals surface area contributed by atoms with E-state index in [0.29, 0.717) is 17.1 Å². The summed E-state index contributed by atoms with van der Waals surface area (Å²) in [5.41, 5.74) is 4.94. The summed E-state index contributed by atoms with van der Waals surface area (Å²) >= 11 is 0. The number of nitrogens with zero attached hydrogens (tertiary/aromatic N) is 1. The average Bonchev–Trinajstić information content (AvgIpc) is 2.73. The van der Waals surface area contributed by atoms with Gasteiger partial charge in [-0.2, -0.15) is 5.10 Å². The SMILES string of the molecule is COc1ccc(/C=N/NC(=O)COc2ccccc2-c2ccccc2)cc1O. The van der Waals surface area contributed by atoms with Crippen molar-refractivity contribution >= 4 is 12.1 Å². The van der Waals surface area contributed by atoms with Crippen LogP contribution in [0.25, 0.3) is 11.1 Å². The van der Waals surface area contributed by atoms with Crippen LogP contribution in [-0.2, 0) is 4.79 Å². The number of hydrogen-bond donors (Lipinski definition) is 2. The van der Waals surface area contributed by atoms with E-state index < -0.39 is 5.91 Å². The molecule has 0 aliphatic heterocycles. The Morgan fingerprint density at radius 1 is 1.04 bits per heavy atom. The van der Waals surface area contributed by atoms with Gasteiger partial charge in [0.2, 0.25) is 0 Å². The number of para-hydroxylation sites is 1. The van der Waals surface area contributed by atoms with Crippen LogP contribution >= 0.6 is 0 Å². The molecule has 0 heterocycles. The van der Waals surface area contributed by atoms with Gasteiger partial charge in [0.05, 0.1) is 13.3 Å². The highest BCUT2D eigenvalue weighted by Gasteiger charge is 2.08. The minimum atomic E-state index is -0.392. The second-order valence-corrected chi connectivity index (χ2v) is 5.88. The Kier molecular flexibility index (Phi) is 6.25. The van der Waals surface area contributed by atoms with Crippen molar-refractivity contribution in [1.29, 1.82) is 0 Å². The zero-order valence-electron chi connectivity index (χ0n) is 15.3. The van der Waals surface area contributed by atoms with Gasteiger partial charge in [0.15, 0.2) is 18.1 Å². The van der Waals surface area contributed by atoms with Crippen LogP contribution in [0.3, 0.4) is 0 Å². The molecule has 0 saturated heterocycles. The molecule has 0 aliphatic carbocycles. The first kappa shape index (κ1) is 19.0. The molecule has 6 nitrogen and oxygen atoms in total. The van der Waals surface area contributed by atoms with Crippen LogP contribution in [0.5, 0.6) is 17.2 Å². The van der Waals surface area contributed by atoms with Crippen LogP contribution in [0, 0.1) is 0 Å². The molecule has 3 aromatic rings. The molecule has 28 heavy (non-hydrogen) atoms. The molecule has 0 radical (unpaired) electrons. The number of hydrogen-bond acceptors (Lipinski definition) is 5. The average molecular weight is 376 g/mol. The van der Waals surface area contributed by atoms with Gasteiger partial charge in [0, 0.05) is 5.56 Å². The lowest BCUT2D eigenvalue weighted by molar-refractivity contribution is -0.123. The molecule has 0 fully saturated rings. The number of phenolic OH excluding ortho intramolecular Hbond substituents is 1. The van der Waals surface area contributed by atoms with Crippen molar-refractivity contribution in [3.8, 4) is 28.4 Å². The fourth-order valence-electron chi connectivity index (χ4n) is 2.59. The third-order valence-electron chi connectivity index (χ3n) is 3.94. The summed E-state index contributed by atoms with van der Waals surface area (Å²) < 4.78 is 10.6. The fraction of sp³-hybridized carbons (Fsp3) is 0.0909. The number of carbonyl (C=O) groups excluding carboxylic acids is 1. The molecule has 0 bridgehead atoms. The van der Waals surface area contributed by atoms with Crippen molar-refractivity contribution in [3.05, 3.63) is 78.4 Å². The Bertz CT molecular complexity index is 971. The van der Waals surface area contributed by atoms with Gasteiger partial charge in [-0.3, -0.25) is 4.79 Å². The number of methoxy groups -OCH3 is 1. The highest BCUT2D eigenvalue weighted by Crippen LogP contribution is 2.29. The number of ether oxygens (including phenoxy) is 2. The Morgan fingerprint density at radius 2 is 1.79 bits per heavy atom. The van der Waals surface area contributed by atoms with Crippen molar-refractivity contribution in [3.63, 3.8) is 0 Å². The molecular formula is C22H20N2O4. The summed E-state index contributed by atoms with van der Waals surface area (Å²) in [6.07, 6.45) is 1.43. The number of benzene rings is 3. The number of rotatable bonds is 7. The minimum absolute atomic E-state index is 0.00127. The smallest absolute Gasteiger partial charge is 0.277 e. The zero-order valence-corrected chi connectivity index (χ0v) is 15.3. The Labute approximate surface area is 163 Å². The number of amides is 1. The summed E-state index contributed by atoms with van der Waals surface area (Å²) in [4.78, 5) is 12.0.